The summed E-state index contributed by atoms with van der Waals surface area (Å²) in [5, 5.41) is 8.85. The normalized spacial score (nSPS) is 23.8. The van der Waals surface area contributed by atoms with E-state index in [-0.39, 0.29) is 18.1 Å². The molecule has 6 nitrogen and oxygen atoms in total. The molecule has 4 rings (SSSR count). The van der Waals surface area contributed by atoms with Gasteiger partial charge in [0.05, 0.1) is 30.1 Å². The van der Waals surface area contributed by atoms with E-state index in [1.54, 1.807) is 0 Å². The third-order valence-electron chi connectivity index (χ3n) is 4.71. The van der Waals surface area contributed by atoms with Gasteiger partial charge in [-0.25, -0.2) is 0 Å². The lowest BCUT2D eigenvalue weighted by Crippen LogP contribution is -2.51. The lowest BCUT2D eigenvalue weighted by Gasteiger charge is -2.37. The molecule has 1 saturated heterocycles. The number of fused-ring (bicyclic) bond motifs is 1. The Bertz CT molecular complexity index is 713. The fourth-order valence-corrected chi connectivity index (χ4v) is 3.57. The smallest absolute Gasteiger partial charge is 0.276 e. The van der Waals surface area contributed by atoms with E-state index < -0.39 is 0 Å². The van der Waals surface area contributed by atoms with Crippen LogP contribution >= 0.6 is 0 Å². The predicted molar refractivity (Wildman–Crippen MR) is 84.5 cm³/mol. The van der Waals surface area contributed by atoms with Crippen molar-refractivity contribution in [2.45, 2.75) is 38.3 Å². The molecule has 6 heteroatoms. The number of ether oxygens (including phenoxy) is 1. The molecule has 2 aliphatic rings. The Morgan fingerprint density at radius 3 is 2.87 bits per heavy atom. The predicted octanol–water partition coefficient (Wildman–Crippen LogP) is 1.97. The summed E-state index contributed by atoms with van der Waals surface area (Å²) in [4.78, 5) is 16.4. The molecule has 1 aromatic carbocycles. The van der Waals surface area contributed by atoms with Crippen molar-refractivity contribution in [3.8, 4) is 5.69 Å². The summed E-state index contributed by atoms with van der Waals surface area (Å²) in [6.07, 6.45) is 3.37. The van der Waals surface area contributed by atoms with Gasteiger partial charge in [-0.2, -0.15) is 9.90 Å². The van der Waals surface area contributed by atoms with Crippen LogP contribution < -0.4 is 0 Å². The number of carbonyl (C=O) groups is 1. The maximum Gasteiger partial charge on any atom is 0.276 e. The molecule has 120 valence electrons. The molecule has 2 atom stereocenters. The van der Waals surface area contributed by atoms with Crippen LogP contribution in [0.4, 0.5) is 0 Å². The van der Waals surface area contributed by atoms with Crippen molar-refractivity contribution >= 4 is 5.91 Å². The molecule has 2 fully saturated rings. The van der Waals surface area contributed by atoms with Gasteiger partial charge in [0.15, 0.2) is 5.69 Å². The Morgan fingerprint density at radius 1 is 1.22 bits per heavy atom. The van der Waals surface area contributed by atoms with Crippen LogP contribution in [0.25, 0.3) is 5.69 Å². The van der Waals surface area contributed by atoms with Gasteiger partial charge < -0.3 is 9.64 Å². The highest BCUT2D eigenvalue weighted by Crippen LogP contribution is 2.30. The Hall–Kier alpha value is -2.21. The minimum Gasteiger partial charge on any atom is -0.374 e. The van der Waals surface area contributed by atoms with Crippen LogP contribution in [-0.2, 0) is 4.74 Å². The van der Waals surface area contributed by atoms with Gasteiger partial charge in [-0.1, -0.05) is 18.2 Å². The first kappa shape index (κ1) is 14.4. The topological polar surface area (TPSA) is 60.2 Å². The summed E-state index contributed by atoms with van der Waals surface area (Å²) in [5.41, 5.74) is 1.97. The summed E-state index contributed by atoms with van der Waals surface area (Å²) in [7, 11) is 0. The van der Waals surface area contributed by atoms with E-state index >= 15 is 0 Å². The lowest BCUT2D eigenvalue weighted by molar-refractivity contribution is -0.0447. The van der Waals surface area contributed by atoms with Crippen LogP contribution in [0.1, 0.15) is 35.4 Å². The highest BCUT2D eigenvalue weighted by molar-refractivity contribution is 5.93. The second-order valence-electron chi connectivity index (χ2n) is 6.17. The summed E-state index contributed by atoms with van der Waals surface area (Å²) >= 11 is 0. The Kier molecular flexibility index (Phi) is 3.61. The first-order valence-corrected chi connectivity index (χ1v) is 8.16. The molecule has 0 bridgehead atoms. The number of hydrogen-bond donors (Lipinski definition) is 0. The second-order valence-corrected chi connectivity index (χ2v) is 6.17. The van der Waals surface area contributed by atoms with Crippen LogP contribution in [0.15, 0.2) is 30.3 Å². The molecular weight excluding hydrogens is 292 g/mol. The maximum absolute atomic E-state index is 13.0. The molecule has 2 aromatic rings. The number of amides is 1. The number of benzene rings is 1. The van der Waals surface area contributed by atoms with Gasteiger partial charge in [-0.15, -0.1) is 5.10 Å². The summed E-state index contributed by atoms with van der Waals surface area (Å²) in [5.74, 6) is -0.0233. The van der Waals surface area contributed by atoms with Gasteiger partial charge >= 0.3 is 0 Å². The van der Waals surface area contributed by atoms with Crippen LogP contribution in [0.3, 0.4) is 0 Å². The number of rotatable bonds is 2. The number of hydrogen-bond acceptors (Lipinski definition) is 4. The molecule has 2 unspecified atom stereocenters. The third kappa shape index (κ3) is 2.53. The number of morpholine rings is 1. The molecule has 1 amide bonds. The van der Waals surface area contributed by atoms with E-state index in [9.17, 15) is 4.79 Å². The van der Waals surface area contributed by atoms with Crippen LogP contribution in [-0.4, -0.2) is 51.1 Å². The van der Waals surface area contributed by atoms with Crippen molar-refractivity contribution in [3.63, 3.8) is 0 Å². The van der Waals surface area contributed by atoms with Gasteiger partial charge in [0.25, 0.3) is 5.91 Å². The van der Waals surface area contributed by atoms with Gasteiger partial charge in [0.1, 0.15) is 0 Å². The van der Waals surface area contributed by atoms with Crippen LogP contribution in [0.2, 0.25) is 0 Å². The number of aromatic nitrogens is 3. The van der Waals surface area contributed by atoms with Gasteiger partial charge in [-0.05, 0) is 38.3 Å². The molecule has 0 N–H and O–H groups in total. The summed E-state index contributed by atoms with van der Waals surface area (Å²) in [6.45, 7) is 3.09. The zero-order valence-electron chi connectivity index (χ0n) is 13.2. The maximum atomic E-state index is 13.0. The Balaban J connectivity index is 1.62. The van der Waals surface area contributed by atoms with Gasteiger partial charge in [-0.3, -0.25) is 4.79 Å². The number of para-hydroxylation sites is 1. The van der Waals surface area contributed by atoms with E-state index in [2.05, 4.69) is 10.2 Å². The minimum atomic E-state index is -0.0233. The molecule has 0 spiro atoms. The van der Waals surface area contributed by atoms with E-state index in [0.29, 0.717) is 24.5 Å². The van der Waals surface area contributed by atoms with Crippen LogP contribution in [0, 0.1) is 6.92 Å². The summed E-state index contributed by atoms with van der Waals surface area (Å²) < 4.78 is 5.79. The lowest BCUT2D eigenvalue weighted by atomic mass is 10.1. The summed E-state index contributed by atoms with van der Waals surface area (Å²) in [6, 6.07) is 9.85. The molecule has 1 aliphatic heterocycles. The molecule has 2 heterocycles. The molecule has 23 heavy (non-hydrogen) atoms. The quantitative estimate of drug-likeness (QED) is 0.850. The highest BCUT2D eigenvalue weighted by atomic mass is 16.5. The van der Waals surface area contributed by atoms with Crippen molar-refractivity contribution in [1.29, 1.82) is 0 Å². The van der Waals surface area contributed by atoms with E-state index in [1.165, 1.54) is 4.80 Å². The monoisotopic (exact) mass is 312 g/mol. The van der Waals surface area contributed by atoms with E-state index in [1.807, 2.05) is 42.2 Å². The fourth-order valence-electron chi connectivity index (χ4n) is 3.57. The average molecular weight is 312 g/mol. The SMILES string of the molecule is Cc1nn(-c2ccccc2)nc1C(=O)N1CCOC2CCCC21. The number of carbonyl (C=O) groups excluding carboxylic acids is 1. The van der Waals surface area contributed by atoms with Crippen molar-refractivity contribution in [1.82, 2.24) is 19.9 Å². The molecular formula is C17H20N4O2. The molecule has 1 saturated carbocycles. The zero-order valence-corrected chi connectivity index (χ0v) is 13.2. The van der Waals surface area contributed by atoms with Gasteiger partial charge in [0, 0.05) is 6.54 Å². The van der Waals surface area contributed by atoms with Crippen LogP contribution in [0.5, 0.6) is 0 Å². The van der Waals surface area contributed by atoms with Crippen molar-refractivity contribution in [2.75, 3.05) is 13.2 Å². The van der Waals surface area contributed by atoms with Crippen molar-refractivity contribution in [2.24, 2.45) is 0 Å². The Labute approximate surface area is 135 Å². The molecule has 0 radical (unpaired) electrons. The van der Waals surface area contributed by atoms with E-state index in [0.717, 1.165) is 24.9 Å². The minimum absolute atomic E-state index is 0.0233. The third-order valence-corrected chi connectivity index (χ3v) is 4.71. The number of aryl methyl sites for hydroxylation is 1. The second kappa shape index (κ2) is 5.77. The number of nitrogens with zero attached hydrogens (tertiary/aromatic N) is 4. The van der Waals surface area contributed by atoms with Gasteiger partial charge in [0.2, 0.25) is 0 Å². The first-order valence-electron chi connectivity index (χ1n) is 8.16. The fraction of sp³-hybridized carbons (Fsp3) is 0.471. The highest BCUT2D eigenvalue weighted by Gasteiger charge is 2.39. The van der Waals surface area contributed by atoms with Crippen molar-refractivity contribution in [3.05, 3.63) is 41.7 Å². The molecule has 1 aliphatic carbocycles. The Morgan fingerprint density at radius 2 is 2.04 bits per heavy atom. The van der Waals surface area contributed by atoms with E-state index in [4.69, 9.17) is 4.74 Å². The average Bonchev–Trinajstić information content (AvgIpc) is 3.21. The van der Waals surface area contributed by atoms with Crippen molar-refractivity contribution < 1.29 is 9.53 Å². The largest absolute Gasteiger partial charge is 0.374 e. The zero-order chi connectivity index (χ0) is 15.8. The standard InChI is InChI=1S/C17H20N4O2/c1-12-16(19-21(18-12)13-6-3-2-4-7-13)17(22)20-10-11-23-15-9-5-8-14(15)20/h2-4,6-7,14-15H,5,8-11H2,1H3. The first-order chi connectivity index (χ1) is 11.2. The molecule has 1 aromatic heterocycles.